The molecule has 0 saturated heterocycles. The first-order valence-corrected chi connectivity index (χ1v) is 5.91. The summed E-state index contributed by atoms with van der Waals surface area (Å²) in [6.45, 7) is 0. The first-order valence-electron chi connectivity index (χ1n) is 5.54. The summed E-state index contributed by atoms with van der Waals surface area (Å²) < 4.78 is 0. The van der Waals surface area contributed by atoms with E-state index in [1.165, 1.54) is 0 Å². The van der Waals surface area contributed by atoms with Crippen LogP contribution in [0.3, 0.4) is 0 Å². The SMILES string of the molecule is O=CNc1ccc(Cl)cc1C(=NO)c1ccccc1. The lowest BCUT2D eigenvalue weighted by Gasteiger charge is -2.10. The third-order valence-electron chi connectivity index (χ3n) is 2.60. The zero-order chi connectivity index (χ0) is 13.7. The molecule has 2 aromatic carbocycles. The van der Waals surface area contributed by atoms with Gasteiger partial charge in [0.15, 0.2) is 0 Å². The monoisotopic (exact) mass is 274 g/mol. The van der Waals surface area contributed by atoms with Crippen LogP contribution in [0.15, 0.2) is 53.7 Å². The number of anilines is 1. The Morgan fingerprint density at radius 1 is 1.21 bits per heavy atom. The third-order valence-corrected chi connectivity index (χ3v) is 2.83. The fourth-order valence-corrected chi connectivity index (χ4v) is 1.94. The van der Waals surface area contributed by atoms with Gasteiger partial charge in [-0.05, 0) is 18.2 Å². The van der Waals surface area contributed by atoms with E-state index in [1.54, 1.807) is 30.3 Å². The van der Waals surface area contributed by atoms with E-state index in [-0.39, 0.29) is 0 Å². The summed E-state index contributed by atoms with van der Waals surface area (Å²) in [5.41, 5.74) is 2.14. The van der Waals surface area contributed by atoms with Gasteiger partial charge >= 0.3 is 0 Å². The van der Waals surface area contributed by atoms with Crippen molar-refractivity contribution < 1.29 is 10.0 Å². The minimum absolute atomic E-state index is 0.340. The molecule has 2 N–H and O–H groups in total. The van der Waals surface area contributed by atoms with Crippen molar-refractivity contribution >= 4 is 29.4 Å². The number of hydrogen-bond acceptors (Lipinski definition) is 3. The zero-order valence-electron chi connectivity index (χ0n) is 9.88. The van der Waals surface area contributed by atoms with Crippen molar-refractivity contribution in [3.05, 3.63) is 64.7 Å². The van der Waals surface area contributed by atoms with Gasteiger partial charge in [0.1, 0.15) is 5.71 Å². The number of amides is 1. The van der Waals surface area contributed by atoms with E-state index < -0.39 is 0 Å². The van der Waals surface area contributed by atoms with Gasteiger partial charge in [0.25, 0.3) is 0 Å². The predicted molar refractivity (Wildman–Crippen MR) is 75.0 cm³/mol. The molecule has 0 fully saturated rings. The van der Waals surface area contributed by atoms with Gasteiger partial charge < -0.3 is 10.5 Å². The van der Waals surface area contributed by atoms with E-state index in [9.17, 15) is 10.0 Å². The van der Waals surface area contributed by atoms with Gasteiger partial charge in [-0.3, -0.25) is 4.79 Å². The van der Waals surface area contributed by atoms with Gasteiger partial charge in [0.2, 0.25) is 6.41 Å². The second kappa shape index (κ2) is 6.02. The molecule has 0 heterocycles. The maximum Gasteiger partial charge on any atom is 0.211 e. The molecule has 5 heteroatoms. The summed E-state index contributed by atoms with van der Waals surface area (Å²) in [5.74, 6) is 0. The highest BCUT2D eigenvalue weighted by Gasteiger charge is 2.12. The van der Waals surface area contributed by atoms with Crippen LogP contribution in [0.2, 0.25) is 5.02 Å². The Labute approximate surface area is 115 Å². The molecule has 0 saturated carbocycles. The first-order chi connectivity index (χ1) is 9.26. The van der Waals surface area contributed by atoms with Crippen LogP contribution in [-0.4, -0.2) is 17.3 Å². The van der Waals surface area contributed by atoms with Crippen LogP contribution in [0.25, 0.3) is 0 Å². The Morgan fingerprint density at radius 3 is 2.58 bits per heavy atom. The number of carbonyl (C=O) groups excluding carboxylic acids is 1. The first kappa shape index (κ1) is 13.1. The molecule has 0 unspecified atom stereocenters. The van der Waals surface area contributed by atoms with Gasteiger partial charge in [0, 0.05) is 16.1 Å². The second-order valence-corrected chi connectivity index (χ2v) is 4.20. The Balaban J connectivity index is 2.55. The van der Waals surface area contributed by atoms with Crippen molar-refractivity contribution in [1.29, 1.82) is 0 Å². The zero-order valence-corrected chi connectivity index (χ0v) is 10.6. The molecule has 2 aromatic rings. The van der Waals surface area contributed by atoms with Crippen molar-refractivity contribution in [3.8, 4) is 0 Å². The molecule has 96 valence electrons. The number of halogens is 1. The Hall–Kier alpha value is -2.33. The average molecular weight is 275 g/mol. The van der Waals surface area contributed by atoms with Crippen LogP contribution >= 0.6 is 11.6 Å². The molecule has 0 atom stereocenters. The lowest BCUT2D eigenvalue weighted by atomic mass is 10.0. The molecule has 4 nitrogen and oxygen atoms in total. The minimum Gasteiger partial charge on any atom is -0.410 e. The molecule has 2 rings (SSSR count). The lowest BCUT2D eigenvalue weighted by molar-refractivity contribution is -0.105. The lowest BCUT2D eigenvalue weighted by Crippen LogP contribution is -2.08. The van der Waals surface area contributed by atoms with E-state index >= 15 is 0 Å². The summed E-state index contributed by atoms with van der Waals surface area (Å²) in [7, 11) is 0. The van der Waals surface area contributed by atoms with Crippen LogP contribution < -0.4 is 5.32 Å². The van der Waals surface area contributed by atoms with E-state index in [4.69, 9.17) is 11.6 Å². The number of benzene rings is 2. The van der Waals surface area contributed by atoms with Crippen LogP contribution in [0, 0.1) is 0 Å². The molecule has 19 heavy (non-hydrogen) atoms. The average Bonchev–Trinajstić information content (AvgIpc) is 2.44. The third kappa shape index (κ3) is 2.92. The molecule has 0 aliphatic heterocycles. The topological polar surface area (TPSA) is 61.7 Å². The van der Waals surface area contributed by atoms with Crippen molar-refractivity contribution in [2.45, 2.75) is 0 Å². The van der Waals surface area contributed by atoms with Crippen molar-refractivity contribution in [2.24, 2.45) is 5.16 Å². The molecular formula is C14H11ClN2O2. The quantitative estimate of drug-likeness (QED) is 0.389. The maximum atomic E-state index is 10.6. The van der Waals surface area contributed by atoms with Crippen LogP contribution in [0.5, 0.6) is 0 Å². The summed E-state index contributed by atoms with van der Waals surface area (Å²) in [4.78, 5) is 10.6. The van der Waals surface area contributed by atoms with Crippen molar-refractivity contribution in [3.63, 3.8) is 0 Å². The molecule has 0 aliphatic carbocycles. The number of rotatable bonds is 4. The van der Waals surface area contributed by atoms with Gasteiger partial charge in [-0.15, -0.1) is 0 Å². The Morgan fingerprint density at radius 2 is 1.95 bits per heavy atom. The molecule has 0 bridgehead atoms. The summed E-state index contributed by atoms with van der Waals surface area (Å²) in [6, 6.07) is 14.1. The minimum atomic E-state index is 0.340. The number of carbonyl (C=O) groups is 1. The number of hydrogen-bond donors (Lipinski definition) is 2. The number of nitrogens with one attached hydrogen (secondary N) is 1. The molecule has 0 aromatic heterocycles. The Kier molecular flexibility index (Phi) is 4.15. The molecule has 1 amide bonds. The largest absolute Gasteiger partial charge is 0.410 e. The standard InChI is InChI=1S/C14H11ClN2O2/c15-11-6-7-13(16-9-18)12(8-11)14(17-19)10-4-2-1-3-5-10/h1-9,19H,(H,16,18). The molecule has 0 radical (unpaired) electrons. The predicted octanol–water partition coefficient (Wildman–Crippen LogP) is 3.13. The Bertz CT molecular complexity index is 612. The van der Waals surface area contributed by atoms with Crippen LogP contribution in [0.4, 0.5) is 5.69 Å². The smallest absolute Gasteiger partial charge is 0.211 e. The van der Waals surface area contributed by atoms with Crippen molar-refractivity contribution in [2.75, 3.05) is 5.32 Å². The van der Waals surface area contributed by atoms with E-state index in [1.807, 2.05) is 18.2 Å². The summed E-state index contributed by atoms with van der Waals surface area (Å²) >= 11 is 5.95. The number of nitrogens with zero attached hydrogens (tertiary/aromatic N) is 1. The number of oxime groups is 1. The fourth-order valence-electron chi connectivity index (χ4n) is 1.76. The van der Waals surface area contributed by atoms with E-state index in [0.717, 1.165) is 5.56 Å². The second-order valence-electron chi connectivity index (χ2n) is 3.77. The molecule has 0 spiro atoms. The van der Waals surface area contributed by atoms with Crippen LogP contribution in [0.1, 0.15) is 11.1 Å². The molecule has 0 aliphatic rings. The summed E-state index contributed by atoms with van der Waals surface area (Å²) in [6.07, 6.45) is 0.562. The highest BCUT2D eigenvalue weighted by molar-refractivity contribution is 6.31. The fraction of sp³-hybridized carbons (Fsp3) is 0. The normalized spacial score (nSPS) is 11.1. The highest BCUT2D eigenvalue weighted by atomic mass is 35.5. The summed E-state index contributed by atoms with van der Waals surface area (Å²) in [5, 5.41) is 15.6. The van der Waals surface area contributed by atoms with Gasteiger partial charge in [-0.1, -0.05) is 47.1 Å². The maximum absolute atomic E-state index is 10.6. The van der Waals surface area contributed by atoms with Crippen LogP contribution in [-0.2, 0) is 4.79 Å². The van der Waals surface area contributed by atoms with Gasteiger partial charge in [0.05, 0.1) is 5.69 Å². The van der Waals surface area contributed by atoms with Crippen molar-refractivity contribution in [1.82, 2.24) is 0 Å². The van der Waals surface area contributed by atoms with E-state index in [0.29, 0.717) is 28.4 Å². The highest BCUT2D eigenvalue weighted by Crippen LogP contribution is 2.23. The van der Waals surface area contributed by atoms with E-state index in [2.05, 4.69) is 10.5 Å². The van der Waals surface area contributed by atoms with Gasteiger partial charge in [-0.2, -0.15) is 0 Å². The molecular weight excluding hydrogens is 264 g/mol. The van der Waals surface area contributed by atoms with Gasteiger partial charge in [-0.25, -0.2) is 0 Å².